The molecule has 1 unspecified atom stereocenters. The predicted molar refractivity (Wildman–Crippen MR) is 117 cm³/mol. The Hall–Kier alpha value is -3.04. The third-order valence-electron chi connectivity index (χ3n) is 6.23. The number of nitrogens with two attached hydrogens (primary N) is 1. The molecule has 0 bridgehead atoms. The maximum Gasteiger partial charge on any atom is 0.146 e. The smallest absolute Gasteiger partial charge is 0.146 e. The van der Waals surface area contributed by atoms with Gasteiger partial charge in [-0.15, -0.1) is 0 Å². The Balaban J connectivity index is 1.61. The van der Waals surface area contributed by atoms with E-state index in [2.05, 4.69) is 34.2 Å². The number of aromatic nitrogens is 3. The Labute approximate surface area is 178 Å². The van der Waals surface area contributed by atoms with Gasteiger partial charge in [0, 0.05) is 11.8 Å². The zero-order valence-corrected chi connectivity index (χ0v) is 17.0. The van der Waals surface area contributed by atoms with E-state index in [1.54, 1.807) is 0 Å². The molecule has 0 amide bonds. The van der Waals surface area contributed by atoms with Crippen molar-refractivity contribution in [3.63, 3.8) is 0 Å². The number of hydrogen-bond acceptors (Lipinski definition) is 7. The second kappa shape index (κ2) is 7.28. The molecule has 2 aromatic heterocycles. The summed E-state index contributed by atoms with van der Waals surface area (Å²) in [4.78, 5) is 8.59. The van der Waals surface area contributed by atoms with Crippen LogP contribution in [0, 0.1) is 0 Å². The number of anilines is 1. The zero-order valence-electron chi connectivity index (χ0n) is 17.0. The molecule has 4 atom stereocenters. The van der Waals surface area contributed by atoms with Gasteiger partial charge in [0.2, 0.25) is 0 Å². The van der Waals surface area contributed by atoms with Gasteiger partial charge in [0.25, 0.3) is 0 Å². The molecule has 0 spiro atoms. The van der Waals surface area contributed by atoms with Crippen LogP contribution in [0.4, 0.5) is 5.82 Å². The van der Waals surface area contributed by atoms with Crippen LogP contribution in [0.25, 0.3) is 32.9 Å². The molecule has 8 nitrogen and oxygen atoms in total. The highest BCUT2D eigenvalue weighted by Gasteiger charge is 2.51. The first-order valence-electron chi connectivity index (χ1n) is 10.2. The minimum atomic E-state index is -1.52. The summed E-state index contributed by atoms with van der Waals surface area (Å²) in [7, 11) is 0. The zero-order chi connectivity index (χ0) is 21.8. The van der Waals surface area contributed by atoms with E-state index < -0.39 is 23.9 Å². The average molecular weight is 420 g/mol. The summed E-state index contributed by atoms with van der Waals surface area (Å²) in [6.07, 6.45) is 0.538. The van der Waals surface area contributed by atoms with Crippen molar-refractivity contribution in [1.29, 1.82) is 0 Å². The number of aliphatic hydroxyl groups excluding tert-OH is 2. The van der Waals surface area contributed by atoms with E-state index in [0.29, 0.717) is 11.5 Å². The molecule has 31 heavy (non-hydrogen) atoms. The molecule has 1 aliphatic heterocycles. The van der Waals surface area contributed by atoms with Crippen LogP contribution >= 0.6 is 0 Å². The maximum atomic E-state index is 10.8. The van der Waals surface area contributed by atoms with E-state index in [-0.39, 0.29) is 13.2 Å². The van der Waals surface area contributed by atoms with Crippen LogP contribution in [-0.2, 0) is 11.3 Å². The molecule has 2 aromatic carbocycles. The third-order valence-corrected chi connectivity index (χ3v) is 6.23. The number of ether oxygens (including phenoxy) is 1. The fourth-order valence-corrected chi connectivity index (χ4v) is 4.40. The van der Waals surface area contributed by atoms with Gasteiger partial charge >= 0.3 is 0 Å². The first-order chi connectivity index (χ1) is 14.9. The van der Waals surface area contributed by atoms with Crippen LogP contribution in [0.5, 0.6) is 0 Å². The van der Waals surface area contributed by atoms with E-state index in [4.69, 9.17) is 10.5 Å². The predicted octanol–water partition coefficient (Wildman–Crippen LogP) is 1.71. The SMILES string of the molecule is C[C@@]1(O)C(O)[C@@H](CO)O[C@H]1Cn1cc(-c2ccc3ccccc3c2)c2c(N)ncnc21. The van der Waals surface area contributed by atoms with E-state index in [1.807, 2.05) is 29.0 Å². The topological polar surface area (TPSA) is 127 Å². The molecular weight excluding hydrogens is 396 g/mol. The summed E-state index contributed by atoms with van der Waals surface area (Å²) in [5.74, 6) is 0.360. The van der Waals surface area contributed by atoms with Crippen molar-refractivity contribution >= 4 is 27.6 Å². The highest BCUT2D eigenvalue weighted by Crippen LogP contribution is 2.37. The summed E-state index contributed by atoms with van der Waals surface area (Å²) >= 11 is 0. The first-order valence-corrected chi connectivity index (χ1v) is 10.2. The van der Waals surface area contributed by atoms with Crippen molar-refractivity contribution in [3.05, 3.63) is 55.0 Å². The molecular formula is C23H24N4O4. The summed E-state index contributed by atoms with van der Waals surface area (Å²) in [6, 6.07) is 14.3. The second-order valence-corrected chi connectivity index (χ2v) is 8.23. The van der Waals surface area contributed by atoms with Gasteiger partial charge in [-0.05, 0) is 29.3 Å². The highest BCUT2D eigenvalue weighted by molar-refractivity contribution is 6.02. The molecule has 1 aliphatic rings. The molecule has 4 aromatic rings. The van der Waals surface area contributed by atoms with E-state index in [9.17, 15) is 15.3 Å². The fourth-order valence-electron chi connectivity index (χ4n) is 4.40. The number of aliphatic hydroxyl groups is 3. The molecule has 8 heteroatoms. The summed E-state index contributed by atoms with van der Waals surface area (Å²) < 4.78 is 7.60. The van der Waals surface area contributed by atoms with Crippen molar-refractivity contribution in [2.24, 2.45) is 0 Å². The van der Waals surface area contributed by atoms with E-state index in [0.717, 1.165) is 27.3 Å². The Morgan fingerprint density at radius 2 is 1.94 bits per heavy atom. The largest absolute Gasteiger partial charge is 0.394 e. The van der Waals surface area contributed by atoms with Crippen LogP contribution in [0.15, 0.2) is 55.0 Å². The minimum Gasteiger partial charge on any atom is -0.394 e. The summed E-state index contributed by atoms with van der Waals surface area (Å²) in [5.41, 5.74) is 7.16. The van der Waals surface area contributed by atoms with Crippen molar-refractivity contribution in [1.82, 2.24) is 14.5 Å². The second-order valence-electron chi connectivity index (χ2n) is 8.23. The molecule has 5 N–H and O–H groups in total. The fraction of sp³-hybridized carbons (Fsp3) is 0.304. The Morgan fingerprint density at radius 1 is 1.16 bits per heavy atom. The number of fused-ring (bicyclic) bond motifs is 2. The van der Waals surface area contributed by atoms with Gasteiger partial charge in [0.05, 0.1) is 18.5 Å². The van der Waals surface area contributed by atoms with Gasteiger partial charge in [-0.2, -0.15) is 0 Å². The van der Waals surface area contributed by atoms with Gasteiger partial charge in [0.15, 0.2) is 0 Å². The third kappa shape index (κ3) is 3.16. The first kappa shape index (κ1) is 19.9. The number of rotatable bonds is 4. The van der Waals surface area contributed by atoms with E-state index >= 15 is 0 Å². The lowest BCUT2D eigenvalue weighted by molar-refractivity contribution is -0.0677. The van der Waals surface area contributed by atoms with Crippen LogP contribution < -0.4 is 5.73 Å². The van der Waals surface area contributed by atoms with Crippen LogP contribution in [0.1, 0.15) is 6.92 Å². The summed E-state index contributed by atoms with van der Waals surface area (Å²) in [5, 5.41) is 33.5. The van der Waals surface area contributed by atoms with Crippen molar-refractivity contribution in [2.75, 3.05) is 12.3 Å². The van der Waals surface area contributed by atoms with Gasteiger partial charge < -0.3 is 30.4 Å². The van der Waals surface area contributed by atoms with Crippen molar-refractivity contribution in [2.45, 2.75) is 37.4 Å². The molecule has 0 aliphatic carbocycles. The quantitative estimate of drug-likeness (QED) is 0.396. The van der Waals surface area contributed by atoms with Gasteiger partial charge in [-0.3, -0.25) is 0 Å². The van der Waals surface area contributed by atoms with Crippen molar-refractivity contribution in [3.8, 4) is 11.1 Å². The monoisotopic (exact) mass is 420 g/mol. The van der Waals surface area contributed by atoms with Gasteiger partial charge in [-0.25, -0.2) is 9.97 Å². The molecule has 3 heterocycles. The lowest BCUT2D eigenvalue weighted by atomic mass is 9.93. The molecule has 160 valence electrons. The molecule has 1 fully saturated rings. The summed E-state index contributed by atoms with van der Waals surface area (Å²) in [6.45, 7) is 1.36. The highest BCUT2D eigenvalue weighted by atomic mass is 16.6. The maximum absolute atomic E-state index is 10.8. The number of nitrogen functional groups attached to an aromatic ring is 1. The van der Waals surface area contributed by atoms with Crippen LogP contribution in [0.3, 0.4) is 0 Å². The number of hydrogen-bond donors (Lipinski definition) is 4. The average Bonchev–Trinajstić information content (AvgIpc) is 3.24. The molecule has 5 rings (SSSR count). The Bertz CT molecular complexity index is 1270. The molecule has 1 saturated heterocycles. The lowest BCUT2D eigenvalue weighted by Gasteiger charge is -2.26. The van der Waals surface area contributed by atoms with Gasteiger partial charge in [-0.1, -0.05) is 36.4 Å². The molecule has 0 radical (unpaired) electrons. The number of benzene rings is 2. The lowest BCUT2D eigenvalue weighted by Crippen LogP contribution is -2.47. The van der Waals surface area contributed by atoms with Crippen LogP contribution in [-0.4, -0.2) is 60.4 Å². The Kier molecular flexibility index (Phi) is 4.67. The van der Waals surface area contributed by atoms with Crippen LogP contribution in [0.2, 0.25) is 0 Å². The van der Waals surface area contributed by atoms with Crippen molar-refractivity contribution < 1.29 is 20.1 Å². The van der Waals surface area contributed by atoms with Gasteiger partial charge in [0.1, 0.15) is 41.7 Å². The normalized spacial score (nSPS) is 26.1. The van der Waals surface area contributed by atoms with E-state index in [1.165, 1.54) is 13.3 Å². The standard InChI is InChI=1S/C23H24N4O4/c1-23(30)18(31-17(11-28)20(23)29)10-27-9-16(19-21(24)25-12-26-22(19)27)15-7-6-13-4-2-3-5-14(13)8-15/h2-9,12,17-18,20,28-30H,10-11H2,1H3,(H2,24,25,26)/t17-,18+,20?,23+/m1/s1. The Morgan fingerprint density at radius 3 is 2.68 bits per heavy atom. The minimum absolute atomic E-state index is 0.223. The number of nitrogens with zero attached hydrogens (tertiary/aromatic N) is 3. The molecule has 0 saturated carbocycles.